The summed E-state index contributed by atoms with van der Waals surface area (Å²) in [4.78, 5) is 4.09. The molecule has 4 nitrogen and oxygen atoms in total. The molecule has 62 valence electrons. The molecular formula is C7H7BrN4. The van der Waals surface area contributed by atoms with Gasteiger partial charge in [-0.05, 0) is 22.0 Å². The zero-order valence-corrected chi connectivity index (χ0v) is 8.04. The van der Waals surface area contributed by atoms with Gasteiger partial charge in [0.25, 0.3) is 0 Å². The van der Waals surface area contributed by atoms with E-state index in [-0.39, 0.29) is 0 Å². The average molecular weight is 227 g/mol. The second kappa shape index (κ2) is 2.75. The summed E-state index contributed by atoms with van der Waals surface area (Å²) < 4.78 is 2.77. The van der Waals surface area contributed by atoms with Crippen molar-refractivity contribution in [2.75, 3.05) is 12.4 Å². The van der Waals surface area contributed by atoms with Crippen LogP contribution in [0.15, 0.2) is 22.9 Å². The number of halogens is 1. The molecule has 2 rings (SSSR count). The maximum absolute atomic E-state index is 4.18. The minimum atomic E-state index is 0.616. The average Bonchev–Trinajstić information content (AvgIpc) is 2.47. The lowest BCUT2D eigenvalue weighted by Crippen LogP contribution is -2.00. The summed E-state index contributed by atoms with van der Waals surface area (Å²) in [5, 5.41) is 7.05. The SMILES string of the molecule is CNc1ncc2c(Br)ccn2n1. The van der Waals surface area contributed by atoms with Crippen LogP contribution < -0.4 is 5.32 Å². The summed E-state index contributed by atoms with van der Waals surface area (Å²) in [6.07, 6.45) is 3.64. The van der Waals surface area contributed by atoms with Gasteiger partial charge in [0, 0.05) is 17.7 Å². The van der Waals surface area contributed by atoms with Crippen LogP contribution in [0.25, 0.3) is 5.52 Å². The van der Waals surface area contributed by atoms with Crippen molar-refractivity contribution in [2.24, 2.45) is 0 Å². The quantitative estimate of drug-likeness (QED) is 0.803. The number of aromatic nitrogens is 3. The monoisotopic (exact) mass is 226 g/mol. The number of rotatable bonds is 1. The van der Waals surface area contributed by atoms with Gasteiger partial charge in [-0.3, -0.25) is 0 Å². The lowest BCUT2D eigenvalue weighted by Gasteiger charge is -1.98. The fourth-order valence-electron chi connectivity index (χ4n) is 0.984. The predicted molar refractivity (Wildman–Crippen MR) is 50.2 cm³/mol. The van der Waals surface area contributed by atoms with Crippen molar-refractivity contribution < 1.29 is 0 Å². The third kappa shape index (κ3) is 1.06. The van der Waals surface area contributed by atoms with Crippen LogP contribution in [-0.4, -0.2) is 21.6 Å². The highest BCUT2D eigenvalue weighted by atomic mass is 79.9. The van der Waals surface area contributed by atoms with E-state index in [1.807, 2.05) is 12.3 Å². The van der Waals surface area contributed by atoms with Crippen LogP contribution in [0.4, 0.5) is 5.95 Å². The predicted octanol–water partition coefficient (Wildman–Crippen LogP) is 1.53. The fraction of sp³-hybridized carbons (Fsp3) is 0.143. The van der Waals surface area contributed by atoms with Gasteiger partial charge in [-0.25, -0.2) is 9.50 Å². The molecule has 5 heteroatoms. The second-order valence-electron chi connectivity index (χ2n) is 2.33. The Hall–Kier alpha value is -1.10. The lowest BCUT2D eigenvalue weighted by atomic mass is 10.5. The van der Waals surface area contributed by atoms with Crippen LogP contribution in [0.2, 0.25) is 0 Å². The van der Waals surface area contributed by atoms with Crippen molar-refractivity contribution in [2.45, 2.75) is 0 Å². The van der Waals surface area contributed by atoms with E-state index >= 15 is 0 Å². The van der Waals surface area contributed by atoms with Gasteiger partial charge in [0.05, 0.1) is 11.7 Å². The third-order valence-electron chi connectivity index (χ3n) is 1.59. The van der Waals surface area contributed by atoms with Gasteiger partial charge in [0.2, 0.25) is 5.95 Å². The minimum Gasteiger partial charge on any atom is -0.356 e. The number of hydrogen-bond acceptors (Lipinski definition) is 3. The topological polar surface area (TPSA) is 42.2 Å². The molecule has 12 heavy (non-hydrogen) atoms. The smallest absolute Gasteiger partial charge is 0.240 e. The molecule has 0 aliphatic heterocycles. The van der Waals surface area contributed by atoms with Crippen LogP contribution in [-0.2, 0) is 0 Å². The van der Waals surface area contributed by atoms with Crippen LogP contribution in [0, 0.1) is 0 Å². The highest BCUT2D eigenvalue weighted by molar-refractivity contribution is 9.10. The van der Waals surface area contributed by atoms with E-state index in [0.29, 0.717) is 5.95 Å². The molecule has 0 saturated heterocycles. The summed E-state index contributed by atoms with van der Waals surface area (Å²) >= 11 is 3.39. The fourth-order valence-corrected chi connectivity index (χ4v) is 1.39. The van der Waals surface area contributed by atoms with Crippen molar-refractivity contribution in [1.29, 1.82) is 0 Å². The van der Waals surface area contributed by atoms with Crippen LogP contribution in [0.1, 0.15) is 0 Å². The third-order valence-corrected chi connectivity index (χ3v) is 2.26. The van der Waals surface area contributed by atoms with Gasteiger partial charge in [-0.15, -0.1) is 5.10 Å². The number of fused-ring (bicyclic) bond motifs is 1. The highest BCUT2D eigenvalue weighted by Crippen LogP contribution is 2.17. The first-order valence-corrected chi connectivity index (χ1v) is 4.28. The molecule has 1 N–H and O–H groups in total. The Labute approximate surface area is 77.7 Å². The molecule has 0 fully saturated rings. The molecule has 0 spiro atoms. The normalized spacial score (nSPS) is 10.5. The summed E-state index contributed by atoms with van der Waals surface area (Å²) in [6, 6.07) is 1.93. The number of nitrogens with zero attached hydrogens (tertiary/aromatic N) is 3. The first kappa shape index (κ1) is 7.54. The molecule has 2 aromatic heterocycles. The van der Waals surface area contributed by atoms with Crippen LogP contribution in [0.5, 0.6) is 0 Å². The molecule has 2 heterocycles. The highest BCUT2D eigenvalue weighted by Gasteiger charge is 2.00. The minimum absolute atomic E-state index is 0.616. The molecule has 0 unspecified atom stereocenters. The number of anilines is 1. The maximum Gasteiger partial charge on any atom is 0.240 e. The van der Waals surface area contributed by atoms with Gasteiger partial charge < -0.3 is 5.32 Å². The first-order valence-electron chi connectivity index (χ1n) is 3.49. The summed E-state index contributed by atoms with van der Waals surface area (Å²) in [7, 11) is 1.79. The molecule has 0 radical (unpaired) electrons. The maximum atomic E-state index is 4.18. The van der Waals surface area contributed by atoms with Crippen molar-refractivity contribution in [3.05, 3.63) is 22.9 Å². The molecule has 0 aliphatic carbocycles. The van der Waals surface area contributed by atoms with Crippen LogP contribution >= 0.6 is 15.9 Å². The first-order chi connectivity index (χ1) is 5.81. The van der Waals surface area contributed by atoms with Crippen molar-refractivity contribution in [1.82, 2.24) is 14.6 Å². The van der Waals surface area contributed by atoms with Gasteiger partial charge in [-0.2, -0.15) is 0 Å². The van der Waals surface area contributed by atoms with Gasteiger partial charge >= 0.3 is 0 Å². The molecule has 0 atom stereocenters. The standard InChI is InChI=1S/C7H7BrN4/c1-9-7-10-4-6-5(8)2-3-12(6)11-7/h2-4H,1H3,(H,9,11). The number of nitrogens with one attached hydrogen (secondary N) is 1. The lowest BCUT2D eigenvalue weighted by molar-refractivity contribution is 0.908. The second-order valence-corrected chi connectivity index (χ2v) is 3.18. The Balaban J connectivity index is 2.69. The van der Waals surface area contributed by atoms with E-state index in [2.05, 4.69) is 31.3 Å². The largest absolute Gasteiger partial charge is 0.356 e. The molecular weight excluding hydrogens is 220 g/mol. The zero-order valence-electron chi connectivity index (χ0n) is 6.45. The summed E-state index contributed by atoms with van der Waals surface area (Å²) in [6.45, 7) is 0. The molecule has 2 aromatic rings. The Bertz CT molecular complexity index is 409. The van der Waals surface area contributed by atoms with Gasteiger partial charge in [0.1, 0.15) is 0 Å². The molecule has 0 aromatic carbocycles. The van der Waals surface area contributed by atoms with E-state index in [0.717, 1.165) is 9.99 Å². The number of hydrogen-bond donors (Lipinski definition) is 1. The zero-order chi connectivity index (χ0) is 8.55. The van der Waals surface area contributed by atoms with Crippen molar-refractivity contribution >= 4 is 27.4 Å². The van der Waals surface area contributed by atoms with Crippen LogP contribution in [0.3, 0.4) is 0 Å². The van der Waals surface area contributed by atoms with E-state index < -0.39 is 0 Å². The van der Waals surface area contributed by atoms with Gasteiger partial charge in [0.15, 0.2) is 0 Å². The van der Waals surface area contributed by atoms with E-state index in [1.54, 1.807) is 17.8 Å². The Morgan fingerprint density at radius 2 is 2.42 bits per heavy atom. The molecule has 0 bridgehead atoms. The van der Waals surface area contributed by atoms with E-state index in [9.17, 15) is 0 Å². The molecule has 0 amide bonds. The van der Waals surface area contributed by atoms with E-state index in [1.165, 1.54) is 0 Å². The molecule has 0 aliphatic rings. The Morgan fingerprint density at radius 3 is 3.17 bits per heavy atom. The van der Waals surface area contributed by atoms with Gasteiger partial charge in [-0.1, -0.05) is 0 Å². The summed E-state index contributed by atoms with van der Waals surface area (Å²) in [5.74, 6) is 0.616. The molecule has 0 saturated carbocycles. The summed E-state index contributed by atoms with van der Waals surface area (Å²) in [5.41, 5.74) is 0.967. The Kier molecular flexibility index (Phi) is 1.73. The van der Waals surface area contributed by atoms with Crippen molar-refractivity contribution in [3.8, 4) is 0 Å². The Morgan fingerprint density at radius 1 is 1.58 bits per heavy atom. The van der Waals surface area contributed by atoms with Crippen molar-refractivity contribution in [3.63, 3.8) is 0 Å². The van der Waals surface area contributed by atoms with E-state index in [4.69, 9.17) is 0 Å².